The molecule has 0 aliphatic rings. The van der Waals surface area contributed by atoms with Gasteiger partial charge in [0.15, 0.2) is 0 Å². The van der Waals surface area contributed by atoms with Crippen LogP contribution in [0.2, 0.25) is 0 Å². The second-order valence-corrected chi connectivity index (χ2v) is 4.72. The topological polar surface area (TPSA) is 46.3 Å². The number of carbonyl (C=O) groups excluding carboxylic acids is 1. The van der Waals surface area contributed by atoms with E-state index >= 15 is 0 Å². The number of rotatable bonds is 7. The summed E-state index contributed by atoms with van der Waals surface area (Å²) in [5.74, 6) is 0.655. The van der Waals surface area contributed by atoms with Gasteiger partial charge >= 0.3 is 0 Å². The lowest BCUT2D eigenvalue weighted by Crippen LogP contribution is -2.55. The number of carbonyl (C=O) groups is 1. The highest BCUT2D eigenvalue weighted by Crippen LogP contribution is 2.16. The molecule has 0 heterocycles. The molecule has 1 atom stereocenters. The average molecular weight is 228 g/mol. The van der Waals surface area contributed by atoms with Crippen molar-refractivity contribution < 1.29 is 4.79 Å². The van der Waals surface area contributed by atoms with Gasteiger partial charge in [-0.05, 0) is 25.7 Å². The molecule has 0 saturated heterocycles. The summed E-state index contributed by atoms with van der Waals surface area (Å²) in [5.41, 5.74) is 5.48. The number of nitrogens with two attached hydrogens (primary N) is 1. The Morgan fingerprint density at radius 3 is 2.06 bits per heavy atom. The SMILES string of the molecule is CCC(C)CN(CC)C(=O)C(N)(CC)CC. The largest absolute Gasteiger partial charge is 0.341 e. The third-order valence-electron chi connectivity index (χ3n) is 3.59. The van der Waals surface area contributed by atoms with Crippen LogP contribution < -0.4 is 5.73 Å². The molecule has 3 nitrogen and oxygen atoms in total. The van der Waals surface area contributed by atoms with Gasteiger partial charge in [-0.2, -0.15) is 0 Å². The van der Waals surface area contributed by atoms with Crippen LogP contribution in [0.1, 0.15) is 53.9 Å². The standard InChI is InChI=1S/C13H28N2O/c1-6-11(5)10-15(9-4)12(16)13(14,7-2)8-3/h11H,6-10,14H2,1-5H3. The van der Waals surface area contributed by atoms with Crippen molar-refractivity contribution in [2.24, 2.45) is 11.7 Å². The zero-order valence-corrected chi connectivity index (χ0v) is 11.5. The zero-order chi connectivity index (χ0) is 12.8. The molecule has 0 fully saturated rings. The van der Waals surface area contributed by atoms with Gasteiger partial charge in [-0.25, -0.2) is 0 Å². The van der Waals surface area contributed by atoms with Crippen LogP contribution in [-0.4, -0.2) is 29.4 Å². The normalized spacial score (nSPS) is 13.6. The van der Waals surface area contributed by atoms with E-state index in [1.165, 1.54) is 0 Å². The first-order valence-corrected chi connectivity index (χ1v) is 6.53. The Balaban J connectivity index is 4.63. The molecule has 0 radical (unpaired) electrons. The highest BCUT2D eigenvalue weighted by Gasteiger charge is 2.33. The van der Waals surface area contributed by atoms with E-state index in [-0.39, 0.29) is 5.91 Å². The fourth-order valence-electron chi connectivity index (χ4n) is 1.73. The predicted molar refractivity (Wildman–Crippen MR) is 69.2 cm³/mol. The minimum absolute atomic E-state index is 0.111. The average Bonchev–Trinajstić information content (AvgIpc) is 2.33. The van der Waals surface area contributed by atoms with Gasteiger partial charge in [-0.1, -0.05) is 34.1 Å². The highest BCUT2D eigenvalue weighted by molar-refractivity contribution is 5.86. The molecule has 1 amide bonds. The lowest BCUT2D eigenvalue weighted by molar-refractivity contribution is -0.137. The summed E-state index contributed by atoms with van der Waals surface area (Å²) >= 11 is 0. The van der Waals surface area contributed by atoms with Gasteiger partial charge in [0.2, 0.25) is 5.91 Å². The first kappa shape index (κ1) is 15.4. The van der Waals surface area contributed by atoms with Crippen LogP contribution in [0, 0.1) is 5.92 Å². The van der Waals surface area contributed by atoms with Crippen LogP contribution in [0.25, 0.3) is 0 Å². The maximum absolute atomic E-state index is 12.3. The van der Waals surface area contributed by atoms with Crippen molar-refractivity contribution in [2.45, 2.75) is 59.4 Å². The first-order valence-electron chi connectivity index (χ1n) is 6.53. The second kappa shape index (κ2) is 6.89. The lowest BCUT2D eigenvalue weighted by atomic mass is 9.92. The third kappa shape index (κ3) is 3.78. The molecule has 0 aromatic heterocycles. The van der Waals surface area contributed by atoms with Crippen molar-refractivity contribution >= 4 is 5.91 Å². The smallest absolute Gasteiger partial charge is 0.242 e. The molecule has 0 bridgehead atoms. The van der Waals surface area contributed by atoms with E-state index in [9.17, 15) is 4.79 Å². The van der Waals surface area contributed by atoms with Crippen LogP contribution in [0.15, 0.2) is 0 Å². The van der Waals surface area contributed by atoms with Gasteiger partial charge < -0.3 is 10.6 Å². The number of nitrogens with zero attached hydrogens (tertiary/aromatic N) is 1. The molecule has 0 spiro atoms. The van der Waals surface area contributed by atoms with E-state index in [4.69, 9.17) is 5.73 Å². The summed E-state index contributed by atoms with van der Waals surface area (Å²) < 4.78 is 0. The van der Waals surface area contributed by atoms with Crippen molar-refractivity contribution in [3.63, 3.8) is 0 Å². The van der Waals surface area contributed by atoms with E-state index < -0.39 is 5.54 Å². The fourth-order valence-corrected chi connectivity index (χ4v) is 1.73. The van der Waals surface area contributed by atoms with E-state index in [1.54, 1.807) is 0 Å². The van der Waals surface area contributed by atoms with Gasteiger partial charge in [0.05, 0.1) is 5.54 Å². The van der Waals surface area contributed by atoms with Gasteiger partial charge in [0.25, 0.3) is 0 Å². The Morgan fingerprint density at radius 2 is 1.75 bits per heavy atom. The molecule has 0 aromatic carbocycles. The van der Waals surface area contributed by atoms with Crippen molar-refractivity contribution in [1.82, 2.24) is 4.90 Å². The number of hydrogen-bond acceptors (Lipinski definition) is 2. The number of amides is 1. The van der Waals surface area contributed by atoms with Crippen LogP contribution in [-0.2, 0) is 4.79 Å². The summed E-state index contributed by atoms with van der Waals surface area (Å²) in [4.78, 5) is 14.2. The molecule has 1 unspecified atom stereocenters. The van der Waals surface area contributed by atoms with Crippen molar-refractivity contribution in [2.75, 3.05) is 13.1 Å². The maximum Gasteiger partial charge on any atom is 0.242 e. The Kier molecular flexibility index (Phi) is 6.65. The molecule has 0 rings (SSSR count). The Hall–Kier alpha value is -0.570. The lowest BCUT2D eigenvalue weighted by Gasteiger charge is -2.33. The summed E-state index contributed by atoms with van der Waals surface area (Å²) in [6.07, 6.45) is 2.51. The maximum atomic E-state index is 12.3. The summed E-state index contributed by atoms with van der Waals surface area (Å²) in [7, 11) is 0. The Morgan fingerprint density at radius 1 is 1.25 bits per heavy atom. The fraction of sp³-hybridized carbons (Fsp3) is 0.923. The highest BCUT2D eigenvalue weighted by atomic mass is 16.2. The Labute approximate surface area is 100 Å². The van der Waals surface area contributed by atoms with Crippen molar-refractivity contribution in [1.29, 1.82) is 0 Å². The zero-order valence-electron chi connectivity index (χ0n) is 11.5. The Bertz CT molecular complexity index is 212. The minimum Gasteiger partial charge on any atom is -0.341 e. The molecular formula is C13H28N2O. The van der Waals surface area contributed by atoms with E-state index in [0.29, 0.717) is 18.8 Å². The summed E-state index contributed by atoms with van der Waals surface area (Å²) in [6.45, 7) is 11.9. The van der Waals surface area contributed by atoms with Crippen molar-refractivity contribution in [3.05, 3.63) is 0 Å². The first-order chi connectivity index (χ1) is 7.45. The summed E-state index contributed by atoms with van der Waals surface area (Å²) in [5, 5.41) is 0. The monoisotopic (exact) mass is 228 g/mol. The van der Waals surface area contributed by atoms with Gasteiger partial charge in [0, 0.05) is 13.1 Å². The minimum atomic E-state index is -0.663. The van der Waals surface area contributed by atoms with Gasteiger partial charge in [-0.15, -0.1) is 0 Å². The summed E-state index contributed by atoms with van der Waals surface area (Å²) in [6, 6.07) is 0. The van der Waals surface area contributed by atoms with E-state index in [2.05, 4.69) is 13.8 Å². The molecule has 16 heavy (non-hydrogen) atoms. The van der Waals surface area contributed by atoms with Gasteiger partial charge in [-0.3, -0.25) is 4.79 Å². The molecule has 0 aliphatic carbocycles. The quantitative estimate of drug-likeness (QED) is 0.727. The van der Waals surface area contributed by atoms with Crippen molar-refractivity contribution in [3.8, 4) is 0 Å². The van der Waals surface area contributed by atoms with E-state index in [0.717, 1.165) is 19.5 Å². The molecule has 0 aliphatic heterocycles. The molecule has 3 heteroatoms. The molecule has 0 aromatic rings. The third-order valence-corrected chi connectivity index (χ3v) is 3.59. The molecule has 96 valence electrons. The van der Waals surface area contributed by atoms with Crippen LogP contribution in [0.4, 0.5) is 0 Å². The van der Waals surface area contributed by atoms with E-state index in [1.807, 2.05) is 25.7 Å². The van der Waals surface area contributed by atoms with Crippen LogP contribution in [0.3, 0.4) is 0 Å². The van der Waals surface area contributed by atoms with Crippen LogP contribution in [0.5, 0.6) is 0 Å². The molecule has 0 saturated carbocycles. The van der Waals surface area contributed by atoms with Gasteiger partial charge in [0.1, 0.15) is 0 Å². The number of likely N-dealkylation sites (N-methyl/N-ethyl adjacent to an activating group) is 1. The van der Waals surface area contributed by atoms with Crippen LogP contribution >= 0.6 is 0 Å². The number of hydrogen-bond donors (Lipinski definition) is 1. The molecular weight excluding hydrogens is 200 g/mol. The predicted octanol–water partition coefficient (Wildman–Crippen LogP) is 2.40. The second-order valence-electron chi connectivity index (χ2n) is 4.72. The molecule has 2 N–H and O–H groups in total.